The van der Waals surface area contributed by atoms with Gasteiger partial charge in [0.2, 0.25) is 6.23 Å². The fraction of sp³-hybridized carbons (Fsp3) is 0.619. The third-order valence-electron chi connectivity index (χ3n) is 6.09. The summed E-state index contributed by atoms with van der Waals surface area (Å²) in [7, 11) is 0. The molecule has 193 valence electrons. The van der Waals surface area contributed by atoms with Crippen LogP contribution in [0.5, 0.6) is 5.88 Å². The molecule has 4 heterocycles. The predicted molar refractivity (Wildman–Crippen MR) is 113 cm³/mol. The maximum absolute atomic E-state index is 12.2. The number of aryl methyl sites for hydroxylation is 1. The van der Waals surface area contributed by atoms with E-state index in [1.165, 1.54) is 28.8 Å². The molecule has 4 rings (SSSR count). The van der Waals surface area contributed by atoms with Gasteiger partial charge >= 0.3 is 11.7 Å². The Labute approximate surface area is 200 Å². The summed E-state index contributed by atoms with van der Waals surface area (Å²) in [6, 6.07) is -0.567. The van der Waals surface area contributed by atoms with Crippen LogP contribution in [0.3, 0.4) is 0 Å². The van der Waals surface area contributed by atoms with Crippen molar-refractivity contribution >= 4 is 6.03 Å². The molecular formula is C21H28N4O10-. The van der Waals surface area contributed by atoms with Gasteiger partial charge in [-0.05, 0) is 25.3 Å². The SMILES string of the molecule is CC1=CN(C2C[C@H](OCOC[C@H]3OC(n4cc(C)c([O-])nc4=O)C[C@@H]3O)[C@@H](CO)O2)C(=O)N[C]1O. The van der Waals surface area contributed by atoms with Crippen LogP contribution < -0.4 is 16.1 Å². The second-order valence-corrected chi connectivity index (χ2v) is 8.59. The molecule has 1 aromatic heterocycles. The van der Waals surface area contributed by atoms with E-state index in [9.17, 15) is 30.0 Å². The fourth-order valence-electron chi connectivity index (χ4n) is 4.11. The standard InChI is InChI=1S/C21H29N4O10/c1-10-5-24(20(30)22-18(10)28)16-3-12(27)15(35-16)8-32-9-33-13-4-17(34-14(13)7-26)25-6-11(2)19(29)23-21(25)31/h5-6,12-17,26-27,29H,3-4,7-9H2,1-2H3,(H,23,31)(H,22,28,30)/p-1/t12-,13-,14+,15+,16?,17?/m0/s1. The molecule has 2 unspecified atom stereocenters. The fourth-order valence-corrected chi connectivity index (χ4v) is 4.11. The van der Waals surface area contributed by atoms with Crippen LogP contribution in [0.15, 0.2) is 22.8 Å². The highest BCUT2D eigenvalue weighted by atomic mass is 16.7. The van der Waals surface area contributed by atoms with Crippen molar-refractivity contribution in [2.45, 2.75) is 63.6 Å². The van der Waals surface area contributed by atoms with Gasteiger partial charge in [-0.1, -0.05) is 0 Å². The minimum absolute atomic E-state index is 0.0369. The number of hydrogen-bond donors (Lipinski definition) is 4. The molecule has 3 aliphatic heterocycles. The van der Waals surface area contributed by atoms with E-state index in [0.29, 0.717) is 5.57 Å². The summed E-state index contributed by atoms with van der Waals surface area (Å²) < 4.78 is 23.8. The number of ether oxygens (including phenoxy) is 4. The number of aliphatic hydroxyl groups is 3. The molecule has 3 aliphatic rings. The summed E-state index contributed by atoms with van der Waals surface area (Å²) in [5, 5.41) is 43.4. The van der Waals surface area contributed by atoms with Crippen molar-refractivity contribution in [3.63, 3.8) is 0 Å². The minimum atomic E-state index is -0.913. The first kappa shape index (κ1) is 25.5. The van der Waals surface area contributed by atoms with Gasteiger partial charge in [0.1, 0.15) is 31.5 Å². The molecule has 0 aromatic carbocycles. The van der Waals surface area contributed by atoms with Crippen molar-refractivity contribution in [3.05, 3.63) is 40.2 Å². The first-order valence-electron chi connectivity index (χ1n) is 11.1. The highest BCUT2D eigenvalue weighted by molar-refractivity contribution is 5.79. The molecule has 2 amide bonds. The van der Waals surface area contributed by atoms with Crippen LogP contribution >= 0.6 is 0 Å². The average Bonchev–Trinajstić information content (AvgIpc) is 3.39. The lowest BCUT2D eigenvalue weighted by Crippen LogP contribution is -2.48. The van der Waals surface area contributed by atoms with Crippen LogP contribution in [0.25, 0.3) is 0 Å². The minimum Gasteiger partial charge on any atom is -0.858 e. The second-order valence-electron chi connectivity index (χ2n) is 8.59. The number of carbonyl (C=O) groups is 1. The average molecular weight is 496 g/mol. The molecule has 14 nitrogen and oxygen atoms in total. The van der Waals surface area contributed by atoms with Crippen molar-refractivity contribution in [2.75, 3.05) is 20.0 Å². The first-order chi connectivity index (χ1) is 16.7. The Morgan fingerprint density at radius 3 is 2.71 bits per heavy atom. The maximum Gasteiger partial charge on any atom is 0.349 e. The summed E-state index contributed by atoms with van der Waals surface area (Å²) in [6.07, 6.45) is -1.48. The van der Waals surface area contributed by atoms with Crippen molar-refractivity contribution < 1.29 is 44.2 Å². The number of amides is 2. The van der Waals surface area contributed by atoms with E-state index in [1.54, 1.807) is 6.92 Å². The van der Waals surface area contributed by atoms with Gasteiger partial charge in [-0.25, -0.2) is 14.6 Å². The van der Waals surface area contributed by atoms with Gasteiger partial charge in [0.25, 0.3) is 0 Å². The molecular weight excluding hydrogens is 468 g/mol. The Hall–Kier alpha value is -2.59. The van der Waals surface area contributed by atoms with Crippen LogP contribution in [0.1, 0.15) is 31.6 Å². The molecule has 4 N–H and O–H groups in total. The maximum atomic E-state index is 12.2. The van der Waals surface area contributed by atoms with E-state index in [1.807, 2.05) is 0 Å². The van der Waals surface area contributed by atoms with Gasteiger partial charge in [0.15, 0.2) is 0 Å². The molecule has 1 radical (unpaired) electrons. The van der Waals surface area contributed by atoms with Crippen molar-refractivity contribution in [1.82, 2.24) is 19.8 Å². The summed E-state index contributed by atoms with van der Waals surface area (Å²) in [5.41, 5.74) is -0.0185. The summed E-state index contributed by atoms with van der Waals surface area (Å²) in [5.74, 6) is -0.607. The molecule has 2 saturated heterocycles. The van der Waals surface area contributed by atoms with Crippen LogP contribution in [-0.2, 0) is 18.9 Å². The number of aliphatic hydroxyl groups excluding tert-OH is 3. The summed E-state index contributed by atoms with van der Waals surface area (Å²) in [4.78, 5) is 28.9. The topological polar surface area (TPSA) is 188 Å². The van der Waals surface area contributed by atoms with Crippen molar-refractivity contribution in [1.29, 1.82) is 0 Å². The lowest BCUT2D eigenvalue weighted by molar-refractivity contribution is -0.276. The van der Waals surface area contributed by atoms with E-state index in [2.05, 4.69) is 10.3 Å². The molecule has 2 fully saturated rings. The molecule has 0 spiro atoms. The van der Waals surface area contributed by atoms with E-state index in [4.69, 9.17) is 18.9 Å². The zero-order valence-corrected chi connectivity index (χ0v) is 19.2. The van der Waals surface area contributed by atoms with Gasteiger partial charge in [-0.3, -0.25) is 9.47 Å². The number of hydrogen-bond acceptors (Lipinski definition) is 11. The normalized spacial score (nSPS) is 31.6. The largest absolute Gasteiger partial charge is 0.858 e. The van der Waals surface area contributed by atoms with Gasteiger partial charge < -0.3 is 44.7 Å². The number of nitrogens with zero attached hydrogens (tertiary/aromatic N) is 3. The third-order valence-corrected chi connectivity index (χ3v) is 6.09. The molecule has 6 atom stereocenters. The van der Waals surface area contributed by atoms with Gasteiger partial charge in [0, 0.05) is 30.8 Å². The number of carbonyl (C=O) groups excluding carboxylic acids is 1. The summed E-state index contributed by atoms with van der Waals surface area (Å²) >= 11 is 0. The number of rotatable bonds is 8. The monoisotopic (exact) mass is 496 g/mol. The number of urea groups is 1. The highest BCUT2D eigenvalue weighted by Crippen LogP contribution is 2.30. The Kier molecular flexibility index (Phi) is 7.70. The van der Waals surface area contributed by atoms with Crippen LogP contribution in [0, 0.1) is 13.2 Å². The Morgan fingerprint density at radius 2 is 1.97 bits per heavy atom. The highest BCUT2D eigenvalue weighted by Gasteiger charge is 2.42. The second kappa shape index (κ2) is 10.6. The molecule has 1 aromatic rings. The number of nitrogens with one attached hydrogen (secondary N) is 1. The lowest BCUT2D eigenvalue weighted by atomic mass is 10.1. The molecule has 14 heteroatoms. The molecule has 35 heavy (non-hydrogen) atoms. The van der Waals surface area contributed by atoms with Gasteiger partial charge in [-0.15, -0.1) is 0 Å². The van der Waals surface area contributed by atoms with Crippen molar-refractivity contribution in [2.24, 2.45) is 0 Å². The van der Waals surface area contributed by atoms with E-state index >= 15 is 0 Å². The lowest BCUT2D eigenvalue weighted by Gasteiger charge is -2.31. The zero-order valence-electron chi connectivity index (χ0n) is 19.2. The molecule has 0 saturated carbocycles. The van der Waals surface area contributed by atoms with E-state index in [0.717, 1.165) is 0 Å². The van der Waals surface area contributed by atoms with Crippen LogP contribution in [0.4, 0.5) is 4.79 Å². The zero-order chi connectivity index (χ0) is 25.3. The predicted octanol–water partition coefficient (Wildman–Crippen LogP) is -1.47. The molecule has 0 bridgehead atoms. The van der Waals surface area contributed by atoms with Crippen LogP contribution in [-0.4, -0.2) is 86.5 Å². The summed E-state index contributed by atoms with van der Waals surface area (Å²) in [6.45, 7) is 2.58. The Balaban J connectivity index is 1.27. The number of aromatic nitrogens is 2. The van der Waals surface area contributed by atoms with Crippen molar-refractivity contribution in [3.8, 4) is 5.88 Å². The van der Waals surface area contributed by atoms with E-state index in [-0.39, 0.29) is 44.6 Å². The first-order valence-corrected chi connectivity index (χ1v) is 11.1. The molecule has 0 aliphatic carbocycles. The van der Waals surface area contributed by atoms with Gasteiger partial charge in [-0.2, -0.15) is 0 Å². The third kappa shape index (κ3) is 5.48. The quantitative estimate of drug-likeness (QED) is 0.243. The Bertz CT molecular complexity index is 1020. The van der Waals surface area contributed by atoms with Gasteiger partial charge in [0.05, 0.1) is 25.4 Å². The Morgan fingerprint density at radius 1 is 1.23 bits per heavy atom. The smallest absolute Gasteiger partial charge is 0.349 e. The van der Waals surface area contributed by atoms with Crippen LogP contribution in [0.2, 0.25) is 0 Å². The van der Waals surface area contributed by atoms with E-state index < -0.39 is 54.5 Å².